The van der Waals surface area contributed by atoms with E-state index in [1.54, 1.807) is 18.2 Å². The Morgan fingerprint density at radius 1 is 1.17 bits per heavy atom. The van der Waals surface area contributed by atoms with Crippen LogP contribution in [0.5, 0.6) is 5.75 Å². The number of aliphatic hydroxyl groups excluding tert-OH is 1. The molecule has 8 heteroatoms. The van der Waals surface area contributed by atoms with E-state index < -0.39 is 0 Å². The monoisotopic (exact) mass is 397 g/mol. The van der Waals surface area contributed by atoms with Crippen molar-refractivity contribution in [1.82, 2.24) is 9.78 Å². The molecule has 0 saturated carbocycles. The number of hydrogen-bond acceptors (Lipinski definition) is 6. The number of hydrogen-bond donors (Lipinski definition) is 2. The van der Waals surface area contributed by atoms with Gasteiger partial charge in [0.1, 0.15) is 24.0 Å². The number of carbonyl (C=O) groups excluding carboxylic acids is 2. The van der Waals surface area contributed by atoms with Crippen molar-refractivity contribution in [2.75, 3.05) is 18.9 Å². The summed E-state index contributed by atoms with van der Waals surface area (Å²) in [6.45, 7) is -0.189. The van der Waals surface area contributed by atoms with E-state index in [0.717, 1.165) is 0 Å². The van der Waals surface area contributed by atoms with Gasteiger partial charge in [-0.25, -0.2) is 9.07 Å². The normalized spacial score (nSPS) is 10.7. The summed E-state index contributed by atoms with van der Waals surface area (Å²) in [5, 5.41) is 12.9. The van der Waals surface area contributed by atoms with E-state index in [1.807, 2.05) is 0 Å². The molecule has 0 aliphatic carbocycles. The standard InChI is InChI=1S/C21H20FN3O4/c22-15-6-8-16(9-7-15)25-21(23)19(12-24-25)20(28)14-3-1-5-18(11-14)29-13-17(27)4-2-10-26/h1,3,5-9,11-12,26H,2,4,10,13,23H2. The number of ketones is 2. The van der Waals surface area contributed by atoms with Crippen LogP contribution < -0.4 is 10.5 Å². The number of anilines is 1. The van der Waals surface area contributed by atoms with Gasteiger partial charge in [-0.05, 0) is 42.8 Å². The second-order valence-corrected chi connectivity index (χ2v) is 6.34. The van der Waals surface area contributed by atoms with E-state index in [4.69, 9.17) is 15.6 Å². The molecule has 150 valence electrons. The average Bonchev–Trinajstić information content (AvgIpc) is 3.12. The number of ether oxygens (including phenoxy) is 1. The Labute approximate surface area is 166 Å². The van der Waals surface area contributed by atoms with Crippen LogP contribution in [-0.2, 0) is 4.79 Å². The molecule has 0 aliphatic heterocycles. The summed E-state index contributed by atoms with van der Waals surface area (Å²) in [7, 11) is 0. The highest BCUT2D eigenvalue weighted by atomic mass is 19.1. The summed E-state index contributed by atoms with van der Waals surface area (Å²) in [6.07, 6.45) is 1.97. The van der Waals surface area contributed by atoms with Crippen LogP contribution >= 0.6 is 0 Å². The maximum atomic E-state index is 13.1. The van der Waals surface area contributed by atoms with Gasteiger partial charge in [0.2, 0.25) is 0 Å². The molecule has 7 nitrogen and oxygen atoms in total. The number of nitrogens with two attached hydrogens (primary N) is 1. The highest BCUT2D eigenvalue weighted by Crippen LogP contribution is 2.22. The minimum absolute atomic E-state index is 0.0528. The Bertz CT molecular complexity index is 1020. The van der Waals surface area contributed by atoms with Gasteiger partial charge in [0.25, 0.3) is 0 Å². The Morgan fingerprint density at radius 3 is 2.66 bits per heavy atom. The van der Waals surface area contributed by atoms with Crippen LogP contribution in [0.4, 0.5) is 10.2 Å². The third-order valence-corrected chi connectivity index (χ3v) is 4.23. The van der Waals surface area contributed by atoms with Crippen molar-refractivity contribution in [2.45, 2.75) is 12.8 Å². The Hall–Kier alpha value is -3.52. The molecule has 1 aromatic heterocycles. The Balaban J connectivity index is 1.75. The number of nitrogen functional groups attached to an aromatic ring is 1. The lowest BCUT2D eigenvalue weighted by atomic mass is 10.1. The fraction of sp³-hybridized carbons (Fsp3) is 0.190. The predicted octanol–water partition coefficient (Wildman–Crippen LogP) is 2.55. The molecular formula is C21H20FN3O4. The lowest BCUT2D eigenvalue weighted by Gasteiger charge is -2.08. The van der Waals surface area contributed by atoms with Crippen molar-refractivity contribution in [1.29, 1.82) is 0 Å². The lowest BCUT2D eigenvalue weighted by Crippen LogP contribution is -2.12. The highest BCUT2D eigenvalue weighted by molar-refractivity contribution is 6.11. The summed E-state index contributed by atoms with van der Waals surface area (Å²) in [5.41, 5.74) is 7.14. The molecule has 0 radical (unpaired) electrons. The van der Waals surface area contributed by atoms with Gasteiger partial charge in [0, 0.05) is 18.6 Å². The number of carbonyl (C=O) groups is 2. The van der Waals surface area contributed by atoms with Gasteiger partial charge >= 0.3 is 0 Å². The average molecular weight is 397 g/mol. The molecule has 0 atom stereocenters. The third kappa shape index (κ3) is 4.85. The van der Waals surface area contributed by atoms with Gasteiger partial charge in [-0.1, -0.05) is 12.1 Å². The summed E-state index contributed by atoms with van der Waals surface area (Å²) in [4.78, 5) is 24.5. The lowest BCUT2D eigenvalue weighted by molar-refractivity contribution is -0.121. The zero-order valence-corrected chi connectivity index (χ0v) is 15.5. The first kappa shape index (κ1) is 20.2. The molecular weight excluding hydrogens is 377 g/mol. The van der Waals surface area contributed by atoms with E-state index >= 15 is 0 Å². The Kier molecular flexibility index (Phi) is 6.36. The topological polar surface area (TPSA) is 107 Å². The molecule has 2 aromatic carbocycles. The highest BCUT2D eigenvalue weighted by Gasteiger charge is 2.18. The van der Waals surface area contributed by atoms with Gasteiger partial charge in [0.15, 0.2) is 11.6 Å². The van der Waals surface area contributed by atoms with Crippen LogP contribution in [-0.4, -0.2) is 39.7 Å². The van der Waals surface area contributed by atoms with Gasteiger partial charge in [-0.2, -0.15) is 5.10 Å². The molecule has 0 saturated heterocycles. The van der Waals surface area contributed by atoms with Crippen molar-refractivity contribution in [2.24, 2.45) is 0 Å². The molecule has 29 heavy (non-hydrogen) atoms. The zero-order chi connectivity index (χ0) is 20.8. The van der Waals surface area contributed by atoms with Gasteiger partial charge < -0.3 is 15.6 Å². The van der Waals surface area contributed by atoms with E-state index in [2.05, 4.69) is 5.10 Å². The van der Waals surface area contributed by atoms with Crippen LogP contribution in [0, 0.1) is 5.82 Å². The van der Waals surface area contributed by atoms with Crippen molar-refractivity contribution in [3.63, 3.8) is 0 Å². The fourth-order valence-electron chi connectivity index (χ4n) is 2.72. The van der Waals surface area contributed by atoms with Crippen LogP contribution in [0.3, 0.4) is 0 Å². The second kappa shape index (κ2) is 9.11. The van der Waals surface area contributed by atoms with E-state index in [-0.39, 0.29) is 48.4 Å². The van der Waals surface area contributed by atoms with Crippen molar-refractivity contribution in [3.8, 4) is 11.4 Å². The molecule has 0 fully saturated rings. The number of aromatic nitrogens is 2. The van der Waals surface area contributed by atoms with Crippen LogP contribution in [0.15, 0.2) is 54.7 Å². The first-order valence-corrected chi connectivity index (χ1v) is 8.99. The van der Waals surface area contributed by atoms with E-state index in [1.165, 1.54) is 41.2 Å². The fourth-order valence-corrected chi connectivity index (χ4v) is 2.72. The van der Waals surface area contributed by atoms with Gasteiger partial charge in [0.05, 0.1) is 17.4 Å². The number of rotatable bonds is 9. The predicted molar refractivity (Wildman–Crippen MR) is 105 cm³/mol. The largest absolute Gasteiger partial charge is 0.486 e. The maximum absolute atomic E-state index is 13.1. The van der Waals surface area contributed by atoms with Crippen LogP contribution in [0.1, 0.15) is 28.8 Å². The molecule has 3 aromatic rings. The summed E-state index contributed by atoms with van der Waals surface area (Å²) in [6, 6.07) is 12.0. The molecule has 0 bridgehead atoms. The molecule has 0 spiro atoms. The van der Waals surface area contributed by atoms with Gasteiger partial charge in [-0.3, -0.25) is 9.59 Å². The van der Waals surface area contributed by atoms with Gasteiger partial charge in [-0.15, -0.1) is 0 Å². The SMILES string of the molecule is Nc1c(C(=O)c2cccc(OCC(=O)CCCO)c2)cnn1-c1ccc(F)cc1. The molecule has 0 unspecified atom stereocenters. The summed E-state index contributed by atoms with van der Waals surface area (Å²) >= 11 is 0. The van der Waals surface area contributed by atoms with Crippen LogP contribution in [0.2, 0.25) is 0 Å². The number of aliphatic hydroxyl groups is 1. The Morgan fingerprint density at radius 2 is 1.93 bits per heavy atom. The first-order chi connectivity index (χ1) is 14.0. The number of Topliss-reactive ketones (excluding diaryl/α,β-unsaturated/α-hetero) is 1. The minimum atomic E-state index is -0.387. The summed E-state index contributed by atoms with van der Waals surface area (Å²) in [5.74, 6) is -0.374. The second-order valence-electron chi connectivity index (χ2n) is 6.34. The maximum Gasteiger partial charge on any atom is 0.198 e. The first-order valence-electron chi connectivity index (χ1n) is 8.99. The minimum Gasteiger partial charge on any atom is -0.486 e. The van der Waals surface area contributed by atoms with Crippen molar-refractivity contribution < 1.29 is 23.8 Å². The van der Waals surface area contributed by atoms with Crippen molar-refractivity contribution in [3.05, 3.63) is 71.7 Å². The van der Waals surface area contributed by atoms with E-state index in [0.29, 0.717) is 23.4 Å². The molecule has 1 heterocycles. The smallest absolute Gasteiger partial charge is 0.198 e. The molecule has 0 aliphatic rings. The van der Waals surface area contributed by atoms with Crippen molar-refractivity contribution >= 4 is 17.4 Å². The number of nitrogens with zero attached hydrogens (tertiary/aromatic N) is 2. The quantitative estimate of drug-likeness (QED) is 0.538. The van der Waals surface area contributed by atoms with Crippen LogP contribution in [0.25, 0.3) is 5.69 Å². The summed E-state index contributed by atoms with van der Waals surface area (Å²) < 4.78 is 19.9. The molecule has 0 amide bonds. The molecule has 3 rings (SSSR count). The van der Waals surface area contributed by atoms with E-state index in [9.17, 15) is 14.0 Å². The number of halogens is 1. The third-order valence-electron chi connectivity index (χ3n) is 4.23. The zero-order valence-electron chi connectivity index (χ0n) is 15.5. The molecule has 3 N–H and O–H groups in total. The number of benzene rings is 2.